The van der Waals surface area contributed by atoms with Crippen molar-refractivity contribution in [2.75, 3.05) is 0 Å². The minimum atomic E-state index is -0.174. The van der Waals surface area contributed by atoms with Gasteiger partial charge < -0.3 is 12.0 Å². The van der Waals surface area contributed by atoms with Crippen LogP contribution in [-0.4, -0.2) is 11.2 Å². The molecule has 122 valence electrons. The molecule has 2 heteroatoms. The topological polar surface area (TPSA) is 20.2 Å². The molecule has 0 aromatic carbocycles. The zero-order valence-electron chi connectivity index (χ0n) is 14.1. The van der Waals surface area contributed by atoms with Crippen LogP contribution in [0.3, 0.4) is 0 Å². The van der Waals surface area contributed by atoms with E-state index in [0.29, 0.717) is 12.3 Å². The first-order valence-electron chi connectivity index (χ1n) is 8.06. The van der Waals surface area contributed by atoms with E-state index in [1.165, 1.54) is 12.8 Å². The van der Waals surface area contributed by atoms with Crippen LogP contribution in [-0.2, 0) is 26.2 Å². The minimum Gasteiger partial charge on any atom is -0.396 e. The Hall–Kier alpha value is 0.843. The van der Waals surface area contributed by atoms with Crippen LogP contribution >= 0.6 is 0 Å². The van der Waals surface area contributed by atoms with Crippen molar-refractivity contribution in [1.29, 1.82) is 0 Å². The van der Waals surface area contributed by atoms with Crippen molar-refractivity contribution in [3.63, 3.8) is 0 Å². The minimum absolute atomic E-state index is 0. The van der Waals surface area contributed by atoms with Crippen molar-refractivity contribution in [1.82, 2.24) is 0 Å². The molecule has 2 aliphatic rings. The van der Waals surface area contributed by atoms with Crippen molar-refractivity contribution in [3.05, 3.63) is 71.1 Å². The van der Waals surface area contributed by atoms with Gasteiger partial charge in [-0.1, -0.05) is 33.1 Å². The summed E-state index contributed by atoms with van der Waals surface area (Å²) in [5.41, 5.74) is 0. The smallest absolute Gasteiger partial charge is 0.0298 e. The van der Waals surface area contributed by atoms with Crippen LogP contribution in [0.5, 0.6) is 0 Å². The summed E-state index contributed by atoms with van der Waals surface area (Å²) >= 11 is 0. The predicted octanol–water partition coefficient (Wildman–Crippen LogP) is 4.83. The quantitative estimate of drug-likeness (QED) is 0.656. The van der Waals surface area contributed by atoms with Gasteiger partial charge in [0.25, 0.3) is 0 Å². The van der Waals surface area contributed by atoms with Gasteiger partial charge in [0.1, 0.15) is 0 Å². The molecule has 0 saturated heterocycles. The molecule has 2 saturated carbocycles. The average Bonchev–Trinajstić information content (AvgIpc) is 3.24. The summed E-state index contributed by atoms with van der Waals surface area (Å²) in [6.07, 6.45) is 25.2. The summed E-state index contributed by atoms with van der Waals surface area (Å²) in [6, 6.07) is 0. The van der Waals surface area contributed by atoms with E-state index in [2.05, 4.69) is 20.8 Å². The van der Waals surface area contributed by atoms with Gasteiger partial charge in [-0.15, -0.1) is 0 Å². The Morgan fingerprint density at radius 3 is 1.41 bits per heavy atom. The van der Waals surface area contributed by atoms with Gasteiger partial charge >= 0.3 is 0 Å². The molecule has 1 nitrogen and oxygen atoms in total. The van der Waals surface area contributed by atoms with Crippen LogP contribution in [0, 0.1) is 77.0 Å². The van der Waals surface area contributed by atoms with Gasteiger partial charge in [0.05, 0.1) is 0 Å². The third kappa shape index (κ3) is 15.7. The van der Waals surface area contributed by atoms with Crippen molar-refractivity contribution in [3.8, 4) is 0 Å². The Balaban J connectivity index is 0. The van der Waals surface area contributed by atoms with E-state index in [9.17, 15) is 5.11 Å². The number of hydrogen-bond donors (Lipinski definition) is 1. The zero-order valence-corrected chi connectivity index (χ0v) is 16.6. The molecule has 0 aromatic heterocycles. The molecule has 0 bridgehead atoms. The van der Waals surface area contributed by atoms with Crippen molar-refractivity contribution < 1.29 is 31.3 Å². The molecule has 0 aromatic rings. The summed E-state index contributed by atoms with van der Waals surface area (Å²) in [6.45, 7) is 8.03. The predicted molar refractivity (Wildman–Crippen MR) is 92.3 cm³/mol. The van der Waals surface area contributed by atoms with Crippen molar-refractivity contribution >= 4 is 0 Å². The van der Waals surface area contributed by atoms with Gasteiger partial charge in [-0.3, -0.25) is 0 Å². The number of unbranched alkanes of at least 4 members (excludes halogenated alkanes) is 1. The van der Waals surface area contributed by atoms with Gasteiger partial charge in [0.2, 0.25) is 0 Å². The van der Waals surface area contributed by atoms with E-state index >= 15 is 0 Å². The molecular formula is C20H31OZr-. The van der Waals surface area contributed by atoms with Crippen LogP contribution in [0.4, 0.5) is 0 Å². The standard InChI is InChI=1S/C10H21O.2C5H5.Zr/c1-4-7-8-9(5-2)10(11)6-3;2*1-2-4-5-3-1;/h9-11H,3-8H2,1-2H3;2*1-5H;/q-1;;;. The van der Waals surface area contributed by atoms with Gasteiger partial charge in [0.15, 0.2) is 0 Å². The Labute approximate surface area is 160 Å². The van der Waals surface area contributed by atoms with Gasteiger partial charge in [-0.25, -0.2) is 0 Å². The third-order valence-corrected chi connectivity index (χ3v) is 3.40. The molecule has 0 heterocycles. The fourth-order valence-corrected chi connectivity index (χ4v) is 2.01. The maximum absolute atomic E-state index is 9.48. The van der Waals surface area contributed by atoms with Crippen LogP contribution in [0.25, 0.3) is 0 Å². The largest absolute Gasteiger partial charge is 0.396 e. The SMILES string of the molecule is [CH2-]CC(O)C(CC)CCCC.[CH]1[CH][CH][CH][CH]1.[CH]1[CH][CH][CH][CH]1.[Zr]. The van der Waals surface area contributed by atoms with Crippen molar-refractivity contribution in [2.24, 2.45) is 5.92 Å². The number of aliphatic hydroxyl groups is 1. The zero-order chi connectivity index (χ0) is 15.8. The van der Waals surface area contributed by atoms with E-state index in [4.69, 9.17) is 0 Å². The molecule has 2 atom stereocenters. The average molecular weight is 379 g/mol. The summed E-state index contributed by atoms with van der Waals surface area (Å²) in [5, 5.41) is 9.48. The molecule has 0 amide bonds. The number of hydrogen-bond acceptors (Lipinski definition) is 1. The fourth-order valence-electron chi connectivity index (χ4n) is 2.01. The number of rotatable bonds is 6. The van der Waals surface area contributed by atoms with Crippen LogP contribution in [0.15, 0.2) is 0 Å². The summed E-state index contributed by atoms with van der Waals surface area (Å²) in [7, 11) is 0. The second kappa shape index (κ2) is 19.9. The monoisotopic (exact) mass is 377 g/mol. The molecule has 2 rings (SSSR count). The molecule has 2 unspecified atom stereocenters. The summed E-state index contributed by atoms with van der Waals surface area (Å²) in [4.78, 5) is 0. The molecule has 0 aliphatic heterocycles. The van der Waals surface area contributed by atoms with Crippen LogP contribution in [0.1, 0.15) is 46.0 Å². The van der Waals surface area contributed by atoms with E-state index < -0.39 is 0 Å². The Morgan fingerprint density at radius 2 is 1.18 bits per heavy atom. The summed E-state index contributed by atoms with van der Waals surface area (Å²) in [5.74, 6) is 0.479. The first kappa shape index (κ1) is 25.1. The third-order valence-electron chi connectivity index (χ3n) is 3.40. The van der Waals surface area contributed by atoms with E-state index in [1.54, 1.807) is 0 Å². The molecule has 2 fully saturated rings. The van der Waals surface area contributed by atoms with E-state index in [-0.39, 0.29) is 32.3 Å². The second-order valence-corrected chi connectivity index (χ2v) is 5.09. The van der Waals surface area contributed by atoms with Gasteiger partial charge in [-0.2, -0.15) is 6.42 Å². The molecule has 10 radical (unpaired) electrons. The maximum atomic E-state index is 9.48. The molecule has 2 aliphatic carbocycles. The van der Waals surface area contributed by atoms with E-state index in [1.807, 2.05) is 64.2 Å². The molecule has 0 spiro atoms. The molecular weight excluding hydrogens is 347 g/mol. The van der Waals surface area contributed by atoms with E-state index in [0.717, 1.165) is 12.8 Å². The van der Waals surface area contributed by atoms with Crippen molar-refractivity contribution in [2.45, 2.75) is 52.1 Å². The molecule has 22 heavy (non-hydrogen) atoms. The second-order valence-electron chi connectivity index (χ2n) is 5.09. The Kier molecular flexibility index (Phi) is 22.7. The number of aliphatic hydroxyl groups excluding tert-OH is 1. The van der Waals surface area contributed by atoms with Gasteiger partial charge in [-0.05, 0) is 76.5 Å². The fraction of sp³-hybridized carbons (Fsp3) is 0.450. The van der Waals surface area contributed by atoms with Gasteiger partial charge in [0, 0.05) is 32.3 Å². The summed E-state index contributed by atoms with van der Waals surface area (Å²) < 4.78 is 0. The molecule has 1 N–H and O–H groups in total. The first-order chi connectivity index (χ1) is 10.3. The Bertz CT molecular complexity index is 163. The maximum Gasteiger partial charge on any atom is 0.0298 e. The van der Waals surface area contributed by atoms with Crippen LogP contribution < -0.4 is 0 Å². The Morgan fingerprint density at radius 1 is 0.818 bits per heavy atom. The normalized spacial score (nSPS) is 19.1. The first-order valence-corrected chi connectivity index (χ1v) is 8.06. The van der Waals surface area contributed by atoms with Crippen LogP contribution in [0.2, 0.25) is 0 Å².